The second kappa shape index (κ2) is 6.12. The number of halogens is 1. The van der Waals surface area contributed by atoms with E-state index in [1.807, 2.05) is 20.8 Å². The van der Waals surface area contributed by atoms with E-state index in [4.69, 9.17) is 16.2 Å². The van der Waals surface area contributed by atoms with E-state index in [0.717, 1.165) is 0 Å². The maximum Gasteiger partial charge on any atom is 0.404 e. The molecule has 16 heavy (non-hydrogen) atoms. The highest BCUT2D eigenvalue weighted by Crippen LogP contribution is 2.30. The van der Waals surface area contributed by atoms with Crippen molar-refractivity contribution in [2.45, 2.75) is 30.8 Å². The van der Waals surface area contributed by atoms with Crippen molar-refractivity contribution in [1.82, 2.24) is 0 Å². The van der Waals surface area contributed by atoms with Crippen molar-refractivity contribution in [3.8, 4) is 0 Å². The number of ether oxygens (including phenoxy) is 2. The van der Waals surface area contributed by atoms with Crippen molar-refractivity contribution in [3.63, 3.8) is 0 Å². The Morgan fingerprint density at radius 2 is 1.75 bits per heavy atom. The van der Waals surface area contributed by atoms with Gasteiger partial charge >= 0.3 is 12.2 Å². The fourth-order valence-corrected chi connectivity index (χ4v) is 1.40. The summed E-state index contributed by atoms with van der Waals surface area (Å²) in [7, 11) is 0. The van der Waals surface area contributed by atoms with Crippen molar-refractivity contribution in [2.24, 2.45) is 16.9 Å². The smallest absolute Gasteiger partial charge is 0.404 e. The summed E-state index contributed by atoms with van der Waals surface area (Å²) in [6, 6.07) is 0. The van der Waals surface area contributed by atoms with Gasteiger partial charge in [0.2, 0.25) is 0 Å². The van der Waals surface area contributed by atoms with Crippen LogP contribution in [0.2, 0.25) is 0 Å². The van der Waals surface area contributed by atoms with Gasteiger partial charge in [-0.25, -0.2) is 9.59 Å². The zero-order valence-corrected chi connectivity index (χ0v) is 11.7. The lowest BCUT2D eigenvalue weighted by atomic mass is 9.89. The first kappa shape index (κ1) is 15.3. The van der Waals surface area contributed by atoms with E-state index in [1.54, 1.807) is 0 Å². The molecule has 0 bridgehead atoms. The largest absolute Gasteiger partial charge is 0.446 e. The van der Waals surface area contributed by atoms with Gasteiger partial charge in [0.15, 0.2) is 0 Å². The molecule has 0 aromatic heterocycles. The molecule has 2 atom stereocenters. The molecule has 6 nitrogen and oxygen atoms in total. The van der Waals surface area contributed by atoms with Gasteiger partial charge in [0, 0.05) is 0 Å². The Bertz CT molecular complexity index is 265. The van der Waals surface area contributed by atoms with E-state index in [0.29, 0.717) is 0 Å². The molecule has 0 rings (SSSR count). The molecule has 0 saturated carbocycles. The molecule has 0 fully saturated rings. The van der Waals surface area contributed by atoms with Crippen molar-refractivity contribution in [3.05, 3.63) is 0 Å². The lowest BCUT2D eigenvalue weighted by Crippen LogP contribution is -2.41. The highest BCUT2D eigenvalue weighted by molar-refractivity contribution is 14.1. The minimum Gasteiger partial charge on any atom is -0.446 e. The minimum absolute atomic E-state index is 0.0584. The first-order valence-corrected chi connectivity index (χ1v) is 5.91. The average Bonchev–Trinajstić information content (AvgIpc) is 2.08. The molecule has 0 aromatic rings. The number of rotatable bonds is 4. The van der Waals surface area contributed by atoms with E-state index in [-0.39, 0.29) is 15.9 Å². The van der Waals surface area contributed by atoms with Crippen molar-refractivity contribution < 1.29 is 19.1 Å². The molecule has 0 aromatic carbocycles. The third-order valence-corrected chi connectivity index (χ3v) is 4.48. The summed E-state index contributed by atoms with van der Waals surface area (Å²) < 4.78 is 9.45. The summed E-state index contributed by atoms with van der Waals surface area (Å²) in [4.78, 5) is 21.2. The van der Waals surface area contributed by atoms with Crippen LogP contribution in [0.25, 0.3) is 0 Å². The summed E-state index contributed by atoms with van der Waals surface area (Å²) >= 11 is 2.13. The lowest BCUT2D eigenvalue weighted by Gasteiger charge is -2.31. The predicted octanol–water partition coefficient (Wildman–Crippen LogP) is 1.40. The molecule has 0 radical (unpaired) electrons. The standard InChI is InChI=1S/C9H17IN2O4/c1-9(2,3)6(10)5(16-8(12)14)4-15-7(11)13/h5-6H,4H2,1-3H3,(H2,11,13)(H2,12,14)/t5-,6?/m1/s1. The molecule has 0 aliphatic heterocycles. The van der Waals surface area contributed by atoms with Crippen molar-refractivity contribution >= 4 is 34.8 Å². The van der Waals surface area contributed by atoms with Crippen LogP contribution < -0.4 is 11.5 Å². The maximum atomic E-state index is 10.7. The topological polar surface area (TPSA) is 105 Å². The molecule has 4 N–H and O–H groups in total. The Labute approximate surface area is 108 Å². The monoisotopic (exact) mass is 344 g/mol. The second-order valence-corrected chi connectivity index (χ2v) is 5.72. The molecule has 1 unspecified atom stereocenters. The zero-order chi connectivity index (χ0) is 12.9. The number of alkyl halides is 1. The Balaban J connectivity index is 4.53. The summed E-state index contributed by atoms with van der Waals surface area (Å²) in [6.45, 7) is 5.84. The van der Waals surface area contributed by atoms with E-state index in [2.05, 4.69) is 27.3 Å². The highest BCUT2D eigenvalue weighted by atomic mass is 127. The first-order chi connectivity index (χ1) is 7.14. The molecule has 0 heterocycles. The quantitative estimate of drug-likeness (QED) is 0.594. The number of nitrogens with two attached hydrogens (primary N) is 2. The fraction of sp³-hybridized carbons (Fsp3) is 0.778. The summed E-state index contributed by atoms with van der Waals surface area (Å²) in [5, 5.41) is 0. The molecule has 2 amide bonds. The van der Waals surface area contributed by atoms with Crippen LogP contribution >= 0.6 is 22.6 Å². The van der Waals surface area contributed by atoms with Gasteiger partial charge in [-0.3, -0.25) is 0 Å². The minimum atomic E-state index is -0.907. The molecule has 0 aliphatic rings. The van der Waals surface area contributed by atoms with Crippen LogP contribution in [0.4, 0.5) is 9.59 Å². The van der Waals surface area contributed by atoms with Gasteiger partial charge < -0.3 is 20.9 Å². The van der Waals surface area contributed by atoms with Gasteiger partial charge in [0.25, 0.3) is 0 Å². The fourth-order valence-electron chi connectivity index (χ4n) is 1.05. The molecule has 94 valence electrons. The van der Waals surface area contributed by atoms with Crippen molar-refractivity contribution in [2.75, 3.05) is 6.61 Å². The third kappa shape index (κ3) is 5.99. The SMILES string of the molecule is CC(C)(C)C(I)[C@@H](COC(N)=O)OC(N)=O. The van der Waals surface area contributed by atoms with Gasteiger partial charge in [0.1, 0.15) is 12.7 Å². The van der Waals surface area contributed by atoms with Crippen LogP contribution in [0.15, 0.2) is 0 Å². The molecule has 7 heteroatoms. The normalized spacial score (nSPS) is 15.0. The van der Waals surface area contributed by atoms with Crippen LogP contribution in [0.3, 0.4) is 0 Å². The van der Waals surface area contributed by atoms with E-state index >= 15 is 0 Å². The number of carbonyl (C=O) groups is 2. The van der Waals surface area contributed by atoms with Crippen LogP contribution in [0.1, 0.15) is 20.8 Å². The Kier molecular flexibility index (Phi) is 5.84. The first-order valence-electron chi connectivity index (χ1n) is 4.67. The van der Waals surface area contributed by atoms with Crippen LogP contribution in [-0.2, 0) is 9.47 Å². The molecule has 0 spiro atoms. The van der Waals surface area contributed by atoms with Crippen LogP contribution in [-0.4, -0.2) is 28.8 Å². The number of primary amides is 2. The third-order valence-electron chi connectivity index (χ3n) is 1.81. The molecule has 0 saturated heterocycles. The van der Waals surface area contributed by atoms with E-state index < -0.39 is 18.3 Å². The van der Waals surface area contributed by atoms with Gasteiger partial charge in [-0.05, 0) is 5.41 Å². The van der Waals surface area contributed by atoms with Crippen LogP contribution in [0.5, 0.6) is 0 Å². The van der Waals surface area contributed by atoms with Gasteiger partial charge in [-0.2, -0.15) is 0 Å². The van der Waals surface area contributed by atoms with Crippen LogP contribution in [0, 0.1) is 5.41 Å². The molecular weight excluding hydrogens is 327 g/mol. The summed E-state index contributed by atoms with van der Waals surface area (Å²) in [5.74, 6) is 0. The molecular formula is C9H17IN2O4. The number of hydrogen-bond acceptors (Lipinski definition) is 4. The summed E-state index contributed by atoms with van der Waals surface area (Å²) in [6.07, 6.45) is -2.41. The average molecular weight is 344 g/mol. The predicted molar refractivity (Wildman–Crippen MR) is 67.3 cm³/mol. The molecule has 0 aliphatic carbocycles. The van der Waals surface area contributed by atoms with E-state index in [9.17, 15) is 9.59 Å². The summed E-state index contributed by atoms with van der Waals surface area (Å²) in [5.41, 5.74) is 9.67. The van der Waals surface area contributed by atoms with Gasteiger partial charge in [-0.15, -0.1) is 0 Å². The Morgan fingerprint density at radius 1 is 1.25 bits per heavy atom. The number of amides is 2. The van der Waals surface area contributed by atoms with Gasteiger partial charge in [-0.1, -0.05) is 43.4 Å². The van der Waals surface area contributed by atoms with Crippen molar-refractivity contribution in [1.29, 1.82) is 0 Å². The Hall–Kier alpha value is -0.730. The maximum absolute atomic E-state index is 10.7. The zero-order valence-electron chi connectivity index (χ0n) is 9.53. The number of hydrogen-bond donors (Lipinski definition) is 2. The lowest BCUT2D eigenvalue weighted by molar-refractivity contribution is 0.0384. The highest BCUT2D eigenvalue weighted by Gasteiger charge is 2.33. The second-order valence-electron chi connectivity index (χ2n) is 4.37. The van der Waals surface area contributed by atoms with E-state index in [1.165, 1.54) is 0 Å². The number of carbonyl (C=O) groups excluding carboxylic acids is 2. The van der Waals surface area contributed by atoms with Gasteiger partial charge in [0.05, 0.1) is 3.92 Å². The Morgan fingerprint density at radius 3 is 2.06 bits per heavy atom.